The summed E-state index contributed by atoms with van der Waals surface area (Å²) in [6, 6.07) is 6.63. The Morgan fingerprint density at radius 2 is 2.11 bits per heavy atom. The summed E-state index contributed by atoms with van der Waals surface area (Å²) in [6.45, 7) is 4.04. The molecule has 104 valence electrons. The van der Waals surface area contributed by atoms with E-state index in [0.29, 0.717) is 17.8 Å². The Labute approximate surface area is 112 Å². The van der Waals surface area contributed by atoms with E-state index < -0.39 is 5.91 Å². The van der Waals surface area contributed by atoms with Gasteiger partial charge >= 0.3 is 0 Å². The molecule has 0 aliphatic rings. The number of benzene rings is 1. The lowest BCUT2D eigenvalue weighted by Gasteiger charge is -2.26. The standard InChI is InChI=1S/C13H19N3O3/c1-9(2)16(7-6-12(14)17)13(18)10-4-3-5-11(8-10)15-19/h3-5,8-9,15,19H,6-7H2,1-2H3,(H2,14,17)/p+1. The third kappa shape index (κ3) is 4.35. The van der Waals surface area contributed by atoms with Crippen molar-refractivity contribution >= 4 is 17.5 Å². The highest BCUT2D eigenvalue weighted by Crippen LogP contribution is 2.11. The average Bonchev–Trinajstić information content (AvgIpc) is 2.38. The van der Waals surface area contributed by atoms with Crippen molar-refractivity contribution in [1.29, 1.82) is 0 Å². The minimum Gasteiger partial charge on any atom is -0.370 e. The van der Waals surface area contributed by atoms with Gasteiger partial charge in [-0.1, -0.05) is 6.07 Å². The van der Waals surface area contributed by atoms with Gasteiger partial charge in [-0.05, 0) is 19.9 Å². The molecule has 1 rings (SSSR count). The van der Waals surface area contributed by atoms with E-state index in [1.54, 1.807) is 29.2 Å². The third-order valence-electron chi connectivity index (χ3n) is 2.77. The molecule has 0 aliphatic heterocycles. The minimum absolute atomic E-state index is 0.0337. The number of nitrogens with zero attached hydrogens (tertiary/aromatic N) is 1. The number of hydrogen-bond donors (Lipinski definition) is 3. The van der Waals surface area contributed by atoms with Gasteiger partial charge in [0.2, 0.25) is 5.91 Å². The summed E-state index contributed by atoms with van der Waals surface area (Å²) in [7, 11) is 0. The van der Waals surface area contributed by atoms with Crippen LogP contribution in [0.4, 0.5) is 5.69 Å². The first kappa shape index (κ1) is 15.1. The molecule has 0 bridgehead atoms. The average molecular weight is 266 g/mol. The van der Waals surface area contributed by atoms with Gasteiger partial charge in [0, 0.05) is 36.7 Å². The van der Waals surface area contributed by atoms with E-state index in [1.807, 2.05) is 13.8 Å². The molecule has 5 N–H and O–H groups in total. The van der Waals surface area contributed by atoms with Crippen LogP contribution in [0.2, 0.25) is 0 Å². The van der Waals surface area contributed by atoms with E-state index in [4.69, 9.17) is 10.9 Å². The highest BCUT2D eigenvalue weighted by atomic mass is 16.5. The number of carbonyl (C=O) groups is 2. The Kier molecular flexibility index (Phi) is 5.47. The Bertz CT molecular complexity index is 460. The molecule has 2 amide bonds. The largest absolute Gasteiger partial charge is 0.370 e. The maximum Gasteiger partial charge on any atom is 0.254 e. The van der Waals surface area contributed by atoms with Crippen molar-refractivity contribution in [3.05, 3.63) is 29.8 Å². The van der Waals surface area contributed by atoms with Gasteiger partial charge in [0.05, 0.1) is 0 Å². The maximum absolute atomic E-state index is 12.3. The molecule has 0 heterocycles. The first-order chi connectivity index (χ1) is 8.95. The summed E-state index contributed by atoms with van der Waals surface area (Å²) in [5, 5.41) is 8.96. The molecular formula is C13H20N3O3+. The van der Waals surface area contributed by atoms with Crippen molar-refractivity contribution < 1.29 is 20.3 Å². The number of amides is 2. The molecule has 0 atom stereocenters. The van der Waals surface area contributed by atoms with Crippen LogP contribution >= 0.6 is 0 Å². The van der Waals surface area contributed by atoms with Crippen LogP contribution in [-0.2, 0) is 4.79 Å². The Morgan fingerprint density at radius 1 is 1.42 bits per heavy atom. The zero-order valence-corrected chi connectivity index (χ0v) is 11.2. The molecule has 0 saturated heterocycles. The zero-order chi connectivity index (χ0) is 14.4. The normalized spacial score (nSPS) is 10.5. The van der Waals surface area contributed by atoms with Gasteiger partial charge < -0.3 is 10.6 Å². The molecule has 1 aromatic carbocycles. The molecule has 0 saturated carbocycles. The fourth-order valence-corrected chi connectivity index (χ4v) is 1.74. The van der Waals surface area contributed by atoms with Crippen molar-refractivity contribution in [2.24, 2.45) is 5.73 Å². The topological polar surface area (TPSA) is 100 Å². The van der Waals surface area contributed by atoms with E-state index in [-0.39, 0.29) is 18.4 Å². The second-order valence-corrected chi connectivity index (χ2v) is 4.56. The predicted octanol–water partition coefficient (Wildman–Crippen LogP) is -0.00330. The fraction of sp³-hybridized carbons (Fsp3) is 0.385. The lowest BCUT2D eigenvalue weighted by Crippen LogP contribution is -2.73. The summed E-state index contributed by atoms with van der Waals surface area (Å²) < 4.78 is 0. The molecule has 6 nitrogen and oxygen atoms in total. The number of hydrogen-bond acceptors (Lipinski definition) is 3. The van der Waals surface area contributed by atoms with Gasteiger partial charge in [0.1, 0.15) is 0 Å². The van der Waals surface area contributed by atoms with Crippen LogP contribution in [0.25, 0.3) is 0 Å². The van der Waals surface area contributed by atoms with Gasteiger partial charge in [-0.2, -0.15) is 5.48 Å². The van der Waals surface area contributed by atoms with Crippen LogP contribution < -0.4 is 11.2 Å². The predicted molar refractivity (Wildman–Crippen MR) is 69.8 cm³/mol. The number of nitrogens with two attached hydrogens (primary N) is 2. The van der Waals surface area contributed by atoms with E-state index in [2.05, 4.69) is 0 Å². The van der Waals surface area contributed by atoms with Crippen LogP contribution in [-0.4, -0.2) is 34.5 Å². The first-order valence-electron chi connectivity index (χ1n) is 6.12. The van der Waals surface area contributed by atoms with Gasteiger partial charge in [0.15, 0.2) is 5.69 Å². The second kappa shape index (κ2) is 6.86. The number of carbonyl (C=O) groups excluding carboxylic acids is 2. The fourth-order valence-electron chi connectivity index (χ4n) is 1.74. The van der Waals surface area contributed by atoms with Crippen LogP contribution in [0.5, 0.6) is 0 Å². The smallest absolute Gasteiger partial charge is 0.254 e. The third-order valence-corrected chi connectivity index (χ3v) is 2.77. The summed E-state index contributed by atoms with van der Waals surface area (Å²) in [5.74, 6) is -0.615. The van der Waals surface area contributed by atoms with E-state index in [0.717, 1.165) is 5.48 Å². The Hall–Kier alpha value is -1.92. The van der Waals surface area contributed by atoms with Crippen LogP contribution in [0, 0.1) is 0 Å². The van der Waals surface area contributed by atoms with Gasteiger partial charge in [-0.15, -0.1) is 0 Å². The van der Waals surface area contributed by atoms with Gasteiger partial charge in [-0.25, -0.2) is 5.21 Å². The Morgan fingerprint density at radius 3 is 2.63 bits per heavy atom. The highest BCUT2D eigenvalue weighted by Gasteiger charge is 2.19. The molecule has 0 fully saturated rings. The van der Waals surface area contributed by atoms with Crippen molar-refractivity contribution in [2.45, 2.75) is 26.3 Å². The van der Waals surface area contributed by atoms with Crippen LogP contribution in [0.1, 0.15) is 30.6 Å². The number of quaternary nitrogens is 1. The molecule has 6 heteroatoms. The quantitative estimate of drug-likeness (QED) is 0.499. The van der Waals surface area contributed by atoms with Crippen molar-refractivity contribution in [2.75, 3.05) is 6.54 Å². The highest BCUT2D eigenvalue weighted by molar-refractivity contribution is 5.95. The second-order valence-electron chi connectivity index (χ2n) is 4.56. The summed E-state index contributed by atoms with van der Waals surface area (Å²) >= 11 is 0. The maximum atomic E-state index is 12.3. The zero-order valence-electron chi connectivity index (χ0n) is 11.2. The van der Waals surface area contributed by atoms with E-state index in [1.165, 1.54) is 0 Å². The van der Waals surface area contributed by atoms with E-state index >= 15 is 0 Å². The molecule has 19 heavy (non-hydrogen) atoms. The monoisotopic (exact) mass is 266 g/mol. The van der Waals surface area contributed by atoms with Gasteiger partial charge in [-0.3, -0.25) is 9.59 Å². The number of primary amides is 1. The van der Waals surface area contributed by atoms with Crippen molar-refractivity contribution in [1.82, 2.24) is 4.90 Å². The van der Waals surface area contributed by atoms with Gasteiger partial charge in [0.25, 0.3) is 5.91 Å². The van der Waals surface area contributed by atoms with Crippen LogP contribution in [0.3, 0.4) is 0 Å². The summed E-state index contributed by atoms with van der Waals surface area (Å²) in [5.41, 5.74) is 7.09. The molecule has 0 aliphatic carbocycles. The van der Waals surface area contributed by atoms with Crippen molar-refractivity contribution in [3.8, 4) is 0 Å². The molecular weight excluding hydrogens is 246 g/mol. The van der Waals surface area contributed by atoms with E-state index in [9.17, 15) is 9.59 Å². The lowest BCUT2D eigenvalue weighted by molar-refractivity contribution is -0.825. The Balaban J connectivity index is 2.88. The number of rotatable bonds is 6. The molecule has 1 aromatic rings. The lowest BCUT2D eigenvalue weighted by atomic mass is 10.1. The molecule has 0 aromatic heterocycles. The molecule has 0 unspecified atom stereocenters. The molecule has 0 radical (unpaired) electrons. The van der Waals surface area contributed by atoms with Crippen molar-refractivity contribution in [3.63, 3.8) is 0 Å². The van der Waals surface area contributed by atoms with Crippen LogP contribution in [0.15, 0.2) is 24.3 Å². The SMILES string of the molecule is CC(C)N(CCC(N)=O)C(=O)c1cccc([NH2+]O)c1. The summed E-state index contributed by atoms with van der Waals surface area (Å²) in [4.78, 5) is 24.8. The minimum atomic E-state index is -0.434. The first-order valence-corrected chi connectivity index (χ1v) is 6.12. The molecule has 0 spiro atoms. The summed E-state index contributed by atoms with van der Waals surface area (Å²) in [6.07, 6.45) is 0.135.